The number of aromatic carboxylic acids is 1. The van der Waals surface area contributed by atoms with Crippen LogP contribution in [0.25, 0.3) is 10.9 Å². The molecule has 1 aromatic heterocycles. The molecule has 1 aliphatic heterocycles. The summed E-state index contributed by atoms with van der Waals surface area (Å²) in [5.41, 5.74) is 5.78. The summed E-state index contributed by atoms with van der Waals surface area (Å²) in [5.74, 6) is -3.00. The van der Waals surface area contributed by atoms with Crippen LogP contribution in [0, 0.1) is 17.6 Å². The van der Waals surface area contributed by atoms with E-state index >= 15 is 8.78 Å². The summed E-state index contributed by atoms with van der Waals surface area (Å²) in [6, 6.07) is 0.869. The summed E-state index contributed by atoms with van der Waals surface area (Å²) in [4.78, 5) is 25.7. The van der Waals surface area contributed by atoms with E-state index in [0.717, 1.165) is 37.3 Å². The molecule has 2 heterocycles. The van der Waals surface area contributed by atoms with Crippen LogP contribution in [0.2, 0.25) is 0 Å². The average molecular weight is 401 g/mol. The van der Waals surface area contributed by atoms with Crippen molar-refractivity contribution in [3.8, 4) is 0 Å². The number of nitrogens with zero attached hydrogens (tertiary/aromatic N) is 2. The average Bonchev–Trinajstić information content (AvgIpc) is 3.42. The largest absolute Gasteiger partial charge is 0.477 e. The highest BCUT2D eigenvalue weighted by molar-refractivity contribution is 5.94. The van der Waals surface area contributed by atoms with Crippen LogP contribution in [-0.2, 0) is 0 Å². The van der Waals surface area contributed by atoms with Crippen molar-refractivity contribution in [1.29, 1.82) is 0 Å². The van der Waals surface area contributed by atoms with Crippen molar-refractivity contribution in [3.63, 3.8) is 0 Å². The number of anilines is 1. The number of halogens is 2. The van der Waals surface area contributed by atoms with Crippen LogP contribution in [0.5, 0.6) is 0 Å². The minimum atomic E-state index is -1.40. The molecule has 8 heteroatoms. The summed E-state index contributed by atoms with van der Waals surface area (Å²) in [6.45, 7) is 0.825. The molecular formula is C21H21F2N3O3. The minimum Gasteiger partial charge on any atom is -0.477 e. The minimum absolute atomic E-state index is 0.0212. The SMILES string of the molecule is NC1CCC=C2CN(c3c(F)cc4c(=O)c(C(=O)O)cn(C5CC5)c4c3F)CC21. The van der Waals surface area contributed by atoms with Crippen LogP contribution >= 0.6 is 0 Å². The maximum atomic E-state index is 15.7. The van der Waals surface area contributed by atoms with Crippen LogP contribution in [0.3, 0.4) is 0 Å². The maximum absolute atomic E-state index is 15.7. The second kappa shape index (κ2) is 6.38. The van der Waals surface area contributed by atoms with E-state index in [1.165, 1.54) is 10.8 Å². The second-order valence-corrected chi connectivity index (χ2v) is 8.24. The molecule has 5 rings (SSSR count). The van der Waals surface area contributed by atoms with E-state index in [2.05, 4.69) is 6.08 Å². The molecule has 29 heavy (non-hydrogen) atoms. The fraction of sp³-hybridized carbons (Fsp3) is 0.429. The lowest BCUT2D eigenvalue weighted by atomic mass is 9.86. The Hall–Kier alpha value is -2.74. The van der Waals surface area contributed by atoms with Crippen molar-refractivity contribution in [3.05, 3.63) is 51.3 Å². The highest BCUT2D eigenvalue weighted by Gasteiger charge is 2.37. The molecule has 0 radical (unpaired) electrons. The first kappa shape index (κ1) is 18.3. The number of nitrogens with two attached hydrogens (primary N) is 1. The Bertz CT molecular complexity index is 1140. The lowest BCUT2D eigenvalue weighted by Crippen LogP contribution is -2.34. The normalized spacial score (nSPS) is 24.0. The zero-order valence-electron chi connectivity index (χ0n) is 15.7. The highest BCUT2D eigenvalue weighted by Crippen LogP contribution is 2.41. The number of carbonyl (C=O) groups is 1. The first-order valence-electron chi connectivity index (χ1n) is 9.86. The lowest BCUT2D eigenvalue weighted by molar-refractivity contribution is 0.0695. The predicted octanol–water partition coefficient (Wildman–Crippen LogP) is 2.80. The van der Waals surface area contributed by atoms with Crippen LogP contribution in [-0.4, -0.2) is 34.8 Å². The van der Waals surface area contributed by atoms with E-state index in [1.807, 2.05) is 0 Å². The Morgan fingerprint density at radius 2 is 2.00 bits per heavy atom. The van der Waals surface area contributed by atoms with E-state index in [-0.39, 0.29) is 34.6 Å². The molecule has 2 aromatic rings. The van der Waals surface area contributed by atoms with Gasteiger partial charge in [-0.05, 0) is 37.3 Å². The molecule has 1 saturated carbocycles. The van der Waals surface area contributed by atoms with Gasteiger partial charge in [-0.2, -0.15) is 0 Å². The molecule has 0 bridgehead atoms. The second-order valence-electron chi connectivity index (χ2n) is 8.24. The number of hydrogen-bond donors (Lipinski definition) is 2. The lowest BCUT2D eigenvalue weighted by Gasteiger charge is -2.24. The van der Waals surface area contributed by atoms with Gasteiger partial charge in [0.1, 0.15) is 17.1 Å². The van der Waals surface area contributed by atoms with Gasteiger partial charge in [-0.15, -0.1) is 0 Å². The van der Waals surface area contributed by atoms with Crippen molar-refractivity contribution in [2.45, 2.75) is 37.8 Å². The summed E-state index contributed by atoms with van der Waals surface area (Å²) < 4.78 is 32.2. The Balaban J connectivity index is 1.71. The number of hydrogen-bond acceptors (Lipinski definition) is 4. The van der Waals surface area contributed by atoms with Crippen molar-refractivity contribution in [2.75, 3.05) is 18.0 Å². The van der Waals surface area contributed by atoms with Crippen molar-refractivity contribution in [1.82, 2.24) is 4.57 Å². The summed E-state index contributed by atoms with van der Waals surface area (Å²) in [5, 5.41) is 9.10. The maximum Gasteiger partial charge on any atom is 0.341 e. The third-order valence-corrected chi connectivity index (χ3v) is 6.36. The molecule has 3 aliphatic rings. The molecule has 1 aromatic carbocycles. The van der Waals surface area contributed by atoms with E-state index in [0.29, 0.717) is 13.1 Å². The van der Waals surface area contributed by atoms with Gasteiger partial charge in [0, 0.05) is 37.3 Å². The van der Waals surface area contributed by atoms with Crippen molar-refractivity contribution in [2.24, 2.45) is 11.7 Å². The van der Waals surface area contributed by atoms with Crippen LogP contribution in [0.1, 0.15) is 42.1 Å². The Morgan fingerprint density at radius 1 is 1.24 bits per heavy atom. The van der Waals surface area contributed by atoms with Crippen LogP contribution < -0.4 is 16.1 Å². The number of carboxylic acids is 1. The number of pyridine rings is 1. The molecule has 2 fully saturated rings. The van der Waals surface area contributed by atoms with E-state index in [4.69, 9.17) is 5.73 Å². The third kappa shape index (κ3) is 2.77. The molecule has 152 valence electrons. The first-order valence-corrected chi connectivity index (χ1v) is 9.86. The smallest absolute Gasteiger partial charge is 0.341 e. The monoisotopic (exact) mass is 401 g/mol. The topological polar surface area (TPSA) is 88.6 Å². The van der Waals surface area contributed by atoms with E-state index in [9.17, 15) is 14.7 Å². The number of allylic oxidation sites excluding steroid dienone is 1. The Labute approximate surface area is 165 Å². The van der Waals surface area contributed by atoms with Gasteiger partial charge in [0.25, 0.3) is 0 Å². The molecule has 2 atom stereocenters. The van der Waals surface area contributed by atoms with Gasteiger partial charge >= 0.3 is 5.97 Å². The number of aromatic nitrogens is 1. The molecule has 6 nitrogen and oxygen atoms in total. The predicted molar refractivity (Wildman–Crippen MR) is 104 cm³/mol. The molecule has 0 spiro atoms. The quantitative estimate of drug-likeness (QED) is 0.772. The van der Waals surface area contributed by atoms with Crippen LogP contribution in [0.4, 0.5) is 14.5 Å². The van der Waals surface area contributed by atoms with Gasteiger partial charge in [0.05, 0.1) is 10.9 Å². The first-order chi connectivity index (χ1) is 13.9. The summed E-state index contributed by atoms with van der Waals surface area (Å²) >= 11 is 0. The van der Waals surface area contributed by atoms with Crippen molar-refractivity contribution < 1.29 is 18.7 Å². The van der Waals surface area contributed by atoms with Crippen molar-refractivity contribution >= 4 is 22.6 Å². The van der Waals surface area contributed by atoms with Gasteiger partial charge in [0.15, 0.2) is 5.82 Å². The highest BCUT2D eigenvalue weighted by atomic mass is 19.1. The van der Waals surface area contributed by atoms with Crippen LogP contribution in [0.15, 0.2) is 28.7 Å². The third-order valence-electron chi connectivity index (χ3n) is 6.36. The zero-order chi connectivity index (χ0) is 20.4. The molecule has 2 aliphatic carbocycles. The summed E-state index contributed by atoms with van der Waals surface area (Å²) in [7, 11) is 0. The molecule has 3 N–H and O–H groups in total. The van der Waals surface area contributed by atoms with Gasteiger partial charge in [-0.3, -0.25) is 4.79 Å². The number of benzene rings is 1. The molecule has 1 saturated heterocycles. The van der Waals surface area contributed by atoms with Gasteiger partial charge in [-0.25, -0.2) is 13.6 Å². The molecule has 2 unspecified atom stereocenters. The number of fused-ring (bicyclic) bond motifs is 2. The fourth-order valence-electron chi connectivity index (χ4n) is 4.73. The van der Waals surface area contributed by atoms with E-state index < -0.39 is 28.6 Å². The molecular weight excluding hydrogens is 380 g/mol. The number of carboxylic acid groups (broad SMARTS) is 1. The fourth-order valence-corrected chi connectivity index (χ4v) is 4.73. The van der Waals surface area contributed by atoms with Gasteiger partial charge in [0.2, 0.25) is 5.43 Å². The van der Waals surface area contributed by atoms with Gasteiger partial charge < -0.3 is 20.3 Å². The zero-order valence-corrected chi connectivity index (χ0v) is 15.7. The van der Waals surface area contributed by atoms with E-state index in [1.54, 1.807) is 4.90 Å². The Morgan fingerprint density at radius 3 is 2.66 bits per heavy atom. The summed E-state index contributed by atoms with van der Waals surface area (Å²) in [6.07, 6.45) is 6.53. The number of rotatable bonds is 3. The standard InChI is InChI=1S/C21H21F2N3O3/c22-15-6-12-18(26(11-4-5-11)9-14(20(12)27)21(28)29)17(23)19(15)25-7-10-2-1-3-16(24)13(10)8-25/h2,6,9,11,13,16H,1,3-5,7-8,24H2,(H,28,29). The Kier molecular flexibility index (Phi) is 4.03. The molecule has 0 amide bonds. The van der Waals surface area contributed by atoms with Gasteiger partial charge in [-0.1, -0.05) is 6.08 Å².